The van der Waals surface area contributed by atoms with E-state index in [1.807, 2.05) is 6.92 Å². The maximum atomic E-state index is 5.70. The Balaban J connectivity index is 2.85. The molecule has 1 N–H and O–H groups in total. The van der Waals surface area contributed by atoms with Gasteiger partial charge in [-0.3, -0.25) is 0 Å². The summed E-state index contributed by atoms with van der Waals surface area (Å²) in [5.41, 5.74) is 3.32. The maximum absolute atomic E-state index is 5.70. The highest BCUT2D eigenvalue weighted by Crippen LogP contribution is 2.20. The van der Waals surface area contributed by atoms with E-state index < -0.39 is 0 Å². The molecule has 0 fully saturated rings. The van der Waals surface area contributed by atoms with Crippen LogP contribution in [-0.2, 0) is 11.3 Å². The number of hydrogen-bond acceptors (Lipinski definition) is 4. The number of aromatic nitrogens is 2. The van der Waals surface area contributed by atoms with E-state index in [1.54, 1.807) is 0 Å². The van der Waals surface area contributed by atoms with Gasteiger partial charge in [-0.2, -0.15) is 0 Å². The van der Waals surface area contributed by atoms with Gasteiger partial charge in [0.05, 0.1) is 0 Å². The molecule has 1 unspecified atom stereocenters. The van der Waals surface area contributed by atoms with Crippen LogP contribution in [0.2, 0.25) is 0 Å². The van der Waals surface area contributed by atoms with Gasteiger partial charge in [0, 0.05) is 30.1 Å². The number of hydrogen-bond donors (Lipinski definition) is 1. The predicted molar refractivity (Wildman–Crippen MR) is 82.7 cm³/mol. The maximum Gasteiger partial charge on any atom is 0.157 e. The Morgan fingerprint density at radius 2 is 1.70 bits per heavy atom. The van der Waals surface area contributed by atoms with Gasteiger partial charge in [0.2, 0.25) is 0 Å². The molecule has 0 spiro atoms. The molecule has 4 heteroatoms. The van der Waals surface area contributed by atoms with Crippen molar-refractivity contribution < 1.29 is 4.74 Å². The van der Waals surface area contributed by atoms with Crippen LogP contribution >= 0.6 is 0 Å². The number of nitrogens with zero attached hydrogens (tertiary/aromatic N) is 2. The van der Waals surface area contributed by atoms with E-state index in [0.717, 1.165) is 36.7 Å². The topological polar surface area (TPSA) is 47.0 Å². The molecule has 20 heavy (non-hydrogen) atoms. The zero-order chi connectivity index (χ0) is 15.1. The molecular formula is C16H29N3O. The zero-order valence-corrected chi connectivity index (χ0v) is 13.8. The van der Waals surface area contributed by atoms with E-state index in [2.05, 4.69) is 49.9 Å². The minimum absolute atomic E-state index is 0.00933. The Morgan fingerprint density at radius 3 is 2.15 bits per heavy atom. The van der Waals surface area contributed by atoms with Crippen LogP contribution in [0.1, 0.15) is 63.0 Å². The molecular weight excluding hydrogens is 250 g/mol. The largest absolute Gasteiger partial charge is 0.371 e. The van der Waals surface area contributed by atoms with E-state index in [4.69, 9.17) is 4.74 Å². The molecule has 1 aromatic rings. The summed E-state index contributed by atoms with van der Waals surface area (Å²) in [5.74, 6) is 1.47. The van der Waals surface area contributed by atoms with E-state index in [1.165, 1.54) is 5.56 Å². The fraction of sp³-hybridized carbons (Fsp3) is 0.750. The van der Waals surface area contributed by atoms with Crippen molar-refractivity contribution in [1.29, 1.82) is 0 Å². The molecule has 0 bridgehead atoms. The highest BCUT2D eigenvalue weighted by molar-refractivity contribution is 5.24. The molecule has 0 aliphatic rings. The van der Waals surface area contributed by atoms with Crippen molar-refractivity contribution in [3.8, 4) is 0 Å². The minimum Gasteiger partial charge on any atom is -0.371 e. The van der Waals surface area contributed by atoms with Crippen molar-refractivity contribution in [3.05, 3.63) is 22.8 Å². The molecule has 0 saturated carbocycles. The molecule has 0 aromatic carbocycles. The molecule has 1 rings (SSSR count). The fourth-order valence-corrected chi connectivity index (χ4v) is 2.23. The zero-order valence-electron chi connectivity index (χ0n) is 13.8. The van der Waals surface area contributed by atoms with Crippen molar-refractivity contribution >= 4 is 0 Å². The Hall–Kier alpha value is -1.00. The molecule has 4 nitrogen and oxygen atoms in total. The van der Waals surface area contributed by atoms with Gasteiger partial charge in [0.1, 0.15) is 6.10 Å². The molecule has 0 aliphatic heterocycles. The first-order valence-electron chi connectivity index (χ1n) is 7.65. The normalized spacial score (nSPS) is 12.9. The Morgan fingerprint density at radius 1 is 1.10 bits per heavy atom. The molecule has 1 aromatic heterocycles. The summed E-state index contributed by atoms with van der Waals surface area (Å²) in [6.45, 7) is 15.2. The van der Waals surface area contributed by atoms with Crippen LogP contribution in [0.15, 0.2) is 0 Å². The van der Waals surface area contributed by atoms with Gasteiger partial charge >= 0.3 is 0 Å². The predicted octanol–water partition coefficient (Wildman–Crippen LogP) is 3.33. The number of ether oxygens (including phenoxy) is 1. The van der Waals surface area contributed by atoms with E-state index in [9.17, 15) is 0 Å². The van der Waals surface area contributed by atoms with Crippen LogP contribution in [0.5, 0.6) is 0 Å². The standard InChI is InChI=1S/C16H29N3O/c1-7-15(20-8-2)16-18-12(5)14(13(6)19-16)10-17-9-11(3)4/h11,15,17H,7-10H2,1-6H3. The van der Waals surface area contributed by atoms with Gasteiger partial charge in [-0.25, -0.2) is 9.97 Å². The van der Waals surface area contributed by atoms with Gasteiger partial charge in [-0.15, -0.1) is 0 Å². The quantitative estimate of drug-likeness (QED) is 0.793. The van der Waals surface area contributed by atoms with Crippen molar-refractivity contribution in [3.63, 3.8) is 0 Å². The molecule has 1 atom stereocenters. The average Bonchev–Trinajstić information content (AvgIpc) is 2.38. The Bertz CT molecular complexity index is 395. The third-order valence-electron chi connectivity index (χ3n) is 3.32. The smallest absolute Gasteiger partial charge is 0.157 e. The molecule has 0 amide bonds. The summed E-state index contributed by atoms with van der Waals surface area (Å²) >= 11 is 0. The second kappa shape index (κ2) is 8.32. The monoisotopic (exact) mass is 279 g/mol. The van der Waals surface area contributed by atoms with Crippen LogP contribution < -0.4 is 5.32 Å². The molecule has 1 heterocycles. The lowest BCUT2D eigenvalue weighted by molar-refractivity contribution is 0.0532. The van der Waals surface area contributed by atoms with Crippen LogP contribution in [-0.4, -0.2) is 23.1 Å². The highest BCUT2D eigenvalue weighted by atomic mass is 16.5. The average molecular weight is 279 g/mol. The van der Waals surface area contributed by atoms with Gasteiger partial charge in [0.25, 0.3) is 0 Å². The SMILES string of the molecule is CCOC(CC)c1nc(C)c(CNCC(C)C)c(C)n1. The third-order valence-corrected chi connectivity index (χ3v) is 3.32. The van der Waals surface area contributed by atoms with Crippen LogP contribution in [0.25, 0.3) is 0 Å². The second-order valence-electron chi connectivity index (χ2n) is 5.61. The lowest BCUT2D eigenvalue weighted by atomic mass is 10.1. The summed E-state index contributed by atoms with van der Waals surface area (Å²) < 4.78 is 5.70. The van der Waals surface area contributed by atoms with Crippen LogP contribution in [0.4, 0.5) is 0 Å². The summed E-state index contributed by atoms with van der Waals surface area (Å²) in [5, 5.41) is 3.46. The van der Waals surface area contributed by atoms with Crippen LogP contribution in [0.3, 0.4) is 0 Å². The first kappa shape index (κ1) is 17.1. The third kappa shape index (κ3) is 4.84. The van der Waals surface area contributed by atoms with Crippen molar-refractivity contribution in [2.75, 3.05) is 13.2 Å². The lowest BCUT2D eigenvalue weighted by Gasteiger charge is -2.17. The van der Waals surface area contributed by atoms with E-state index in [-0.39, 0.29) is 6.10 Å². The first-order valence-corrected chi connectivity index (χ1v) is 7.65. The highest BCUT2D eigenvalue weighted by Gasteiger charge is 2.16. The van der Waals surface area contributed by atoms with Gasteiger partial charge in [-0.1, -0.05) is 20.8 Å². The summed E-state index contributed by atoms with van der Waals surface area (Å²) in [4.78, 5) is 9.29. The van der Waals surface area contributed by atoms with Gasteiger partial charge in [0.15, 0.2) is 5.82 Å². The summed E-state index contributed by atoms with van der Waals surface area (Å²) in [6.07, 6.45) is 0.910. The molecule has 114 valence electrons. The molecule has 0 saturated heterocycles. The molecule has 0 radical (unpaired) electrons. The van der Waals surface area contributed by atoms with Crippen molar-refractivity contribution in [1.82, 2.24) is 15.3 Å². The molecule has 0 aliphatic carbocycles. The van der Waals surface area contributed by atoms with E-state index >= 15 is 0 Å². The second-order valence-corrected chi connectivity index (χ2v) is 5.61. The Labute approximate surface area is 123 Å². The minimum atomic E-state index is 0.00933. The summed E-state index contributed by atoms with van der Waals surface area (Å²) in [7, 11) is 0. The number of nitrogens with one attached hydrogen (secondary N) is 1. The number of aryl methyl sites for hydroxylation is 2. The summed E-state index contributed by atoms with van der Waals surface area (Å²) in [6, 6.07) is 0. The Kier molecular flexibility index (Phi) is 7.10. The van der Waals surface area contributed by atoms with Crippen molar-refractivity contribution in [2.45, 2.75) is 60.6 Å². The van der Waals surface area contributed by atoms with Gasteiger partial charge < -0.3 is 10.1 Å². The van der Waals surface area contributed by atoms with Crippen molar-refractivity contribution in [2.24, 2.45) is 5.92 Å². The van der Waals surface area contributed by atoms with Gasteiger partial charge in [-0.05, 0) is 39.7 Å². The van der Waals surface area contributed by atoms with Crippen LogP contribution in [0, 0.1) is 19.8 Å². The number of rotatable bonds is 8. The fourth-order valence-electron chi connectivity index (χ4n) is 2.23. The van der Waals surface area contributed by atoms with E-state index in [0.29, 0.717) is 12.5 Å². The lowest BCUT2D eigenvalue weighted by Crippen LogP contribution is -2.21. The first-order chi connectivity index (χ1) is 9.49.